The number of thiophene rings is 1. The monoisotopic (exact) mass is 432 g/mol. The number of hydrogen-bond donors (Lipinski definition) is 1. The average Bonchev–Trinajstić information content (AvgIpc) is 3.33. The van der Waals surface area contributed by atoms with Crippen molar-refractivity contribution in [1.82, 2.24) is 10.1 Å². The number of nitrogens with zero attached hydrogens (tertiary/aromatic N) is 3. The highest BCUT2D eigenvalue weighted by atomic mass is 32.1. The number of nitriles is 1. The van der Waals surface area contributed by atoms with Gasteiger partial charge in [0.05, 0.1) is 27.9 Å². The summed E-state index contributed by atoms with van der Waals surface area (Å²) in [6.07, 6.45) is 3.95. The molecule has 0 saturated heterocycles. The van der Waals surface area contributed by atoms with E-state index in [0.29, 0.717) is 38.5 Å². The molecule has 3 heterocycles. The summed E-state index contributed by atoms with van der Waals surface area (Å²) in [4.78, 5) is 18.9. The van der Waals surface area contributed by atoms with Gasteiger partial charge in [-0.05, 0) is 68.5 Å². The molecule has 4 aromatic rings. The molecule has 0 unspecified atom stereocenters. The third-order valence-electron chi connectivity index (χ3n) is 5.51. The second kappa shape index (κ2) is 7.60. The van der Waals surface area contributed by atoms with Gasteiger partial charge in [-0.1, -0.05) is 5.16 Å². The number of hydrogen-bond acceptors (Lipinski definition) is 6. The second-order valence-electron chi connectivity index (χ2n) is 7.49. The van der Waals surface area contributed by atoms with E-state index in [4.69, 9.17) is 4.52 Å². The number of nitrogens with one attached hydrogen (secondary N) is 1. The SMILES string of the molecule is Cc1noc2nc(-c3ccc(F)cc3)cc(C(=O)Nc3sc4c(c3C#N)CCCC4)c12. The molecule has 3 aromatic heterocycles. The van der Waals surface area contributed by atoms with Crippen LogP contribution in [0, 0.1) is 24.1 Å². The van der Waals surface area contributed by atoms with E-state index in [9.17, 15) is 14.4 Å². The molecule has 1 aliphatic rings. The van der Waals surface area contributed by atoms with Gasteiger partial charge in [-0.15, -0.1) is 11.3 Å². The van der Waals surface area contributed by atoms with Crippen LogP contribution in [-0.4, -0.2) is 16.0 Å². The Morgan fingerprint density at radius 2 is 2.03 bits per heavy atom. The number of aryl methyl sites for hydroxylation is 2. The molecular weight excluding hydrogens is 415 g/mol. The largest absolute Gasteiger partial charge is 0.335 e. The van der Waals surface area contributed by atoms with Crippen molar-refractivity contribution in [2.24, 2.45) is 0 Å². The van der Waals surface area contributed by atoms with Crippen LogP contribution in [0.3, 0.4) is 0 Å². The second-order valence-corrected chi connectivity index (χ2v) is 8.60. The Morgan fingerprint density at radius 3 is 2.81 bits per heavy atom. The Morgan fingerprint density at radius 1 is 1.26 bits per heavy atom. The van der Waals surface area contributed by atoms with Crippen molar-refractivity contribution in [3.63, 3.8) is 0 Å². The molecule has 1 aliphatic carbocycles. The molecule has 6 nitrogen and oxygen atoms in total. The summed E-state index contributed by atoms with van der Waals surface area (Å²) in [7, 11) is 0. The zero-order valence-corrected chi connectivity index (χ0v) is 17.5. The molecule has 5 rings (SSSR count). The summed E-state index contributed by atoms with van der Waals surface area (Å²) >= 11 is 1.47. The molecule has 31 heavy (non-hydrogen) atoms. The van der Waals surface area contributed by atoms with Crippen molar-refractivity contribution in [3.05, 3.63) is 63.4 Å². The number of carbonyl (C=O) groups is 1. The number of amides is 1. The first-order valence-electron chi connectivity index (χ1n) is 9.94. The van der Waals surface area contributed by atoms with Gasteiger partial charge in [0.25, 0.3) is 11.6 Å². The normalized spacial score (nSPS) is 13.1. The molecule has 0 radical (unpaired) electrons. The van der Waals surface area contributed by atoms with E-state index in [1.54, 1.807) is 25.1 Å². The van der Waals surface area contributed by atoms with Crippen LogP contribution in [0.15, 0.2) is 34.9 Å². The smallest absolute Gasteiger partial charge is 0.259 e. The summed E-state index contributed by atoms with van der Waals surface area (Å²) in [5.41, 5.74) is 3.86. The van der Waals surface area contributed by atoms with Gasteiger partial charge in [-0.3, -0.25) is 4.79 Å². The van der Waals surface area contributed by atoms with Crippen molar-refractivity contribution in [1.29, 1.82) is 5.26 Å². The Balaban J connectivity index is 1.59. The highest BCUT2D eigenvalue weighted by Gasteiger charge is 2.24. The molecule has 1 amide bonds. The molecule has 0 fully saturated rings. The highest BCUT2D eigenvalue weighted by Crippen LogP contribution is 2.38. The number of pyridine rings is 1. The van der Waals surface area contributed by atoms with E-state index in [1.165, 1.54) is 28.3 Å². The van der Waals surface area contributed by atoms with Crippen LogP contribution in [0.4, 0.5) is 9.39 Å². The number of aromatic nitrogens is 2. The maximum Gasteiger partial charge on any atom is 0.259 e. The maximum absolute atomic E-state index is 13.3. The Kier molecular flexibility index (Phi) is 4.75. The van der Waals surface area contributed by atoms with Crippen molar-refractivity contribution < 1.29 is 13.7 Å². The van der Waals surface area contributed by atoms with Gasteiger partial charge in [0, 0.05) is 10.4 Å². The number of halogens is 1. The lowest BCUT2D eigenvalue weighted by atomic mass is 9.96. The van der Waals surface area contributed by atoms with Crippen molar-refractivity contribution in [2.45, 2.75) is 32.6 Å². The summed E-state index contributed by atoms with van der Waals surface area (Å²) < 4.78 is 18.7. The topological polar surface area (TPSA) is 91.8 Å². The fraction of sp³-hybridized carbons (Fsp3) is 0.217. The summed E-state index contributed by atoms with van der Waals surface area (Å²) in [5, 5.41) is 17.7. The number of benzene rings is 1. The summed E-state index contributed by atoms with van der Waals surface area (Å²) in [5.74, 6) is -0.721. The van der Waals surface area contributed by atoms with E-state index < -0.39 is 0 Å². The lowest BCUT2D eigenvalue weighted by Gasteiger charge is -2.09. The van der Waals surface area contributed by atoms with Crippen LogP contribution in [0.2, 0.25) is 0 Å². The van der Waals surface area contributed by atoms with Crippen LogP contribution in [-0.2, 0) is 12.8 Å². The minimum absolute atomic E-state index is 0.232. The Hall–Kier alpha value is -3.57. The van der Waals surface area contributed by atoms with Gasteiger partial charge in [0.1, 0.15) is 16.9 Å². The van der Waals surface area contributed by atoms with Crippen LogP contribution in [0.1, 0.15) is 44.9 Å². The van der Waals surface area contributed by atoms with Gasteiger partial charge in [-0.25, -0.2) is 9.37 Å². The van der Waals surface area contributed by atoms with E-state index in [-0.39, 0.29) is 17.4 Å². The quantitative estimate of drug-likeness (QED) is 0.468. The molecule has 1 N–H and O–H groups in total. The molecule has 0 bridgehead atoms. The van der Waals surface area contributed by atoms with Crippen LogP contribution in [0.5, 0.6) is 0 Å². The highest BCUT2D eigenvalue weighted by molar-refractivity contribution is 7.16. The van der Waals surface area contributed by atoms with Crippen LogP contribution < -0.4 is 5.32 Å². The minimum Gasteiger partial charge on any atom is -0.335 e. The zero-order valence-electron chi connectivity index (χ0n) is 16.7. The van der Waals surface area contributed by atoms with Gasteiger partial charge in [0.2, 0.25) is 0 Å². The van der Waals surface area contributed by atoms with Gasteiger partial charge in [-0.2, -0.15) is 5.26 Å². The maximum atomic E-state index is 13.3. The van der Waals surface area contributed by atoms with Crippen molar-refractivity contribution in [3.8, 4) is 17.3 Å². The molecule has 0 saturated carbocycles. The van der Waals surface area contributed by atoms with E-state index in [0.717, 1.165) is 31.2 Å². The molecule has 8 heteroatoms. The third kappa shape index (κ3) is 3.37. The molecule has 0 spiro atoms. The number of carbonyl (C=O) groups excluding carboxylic acids is 1. The first kappa shape index (κ1) is 19.4. The standard InChI is InChI=1S/C23H17FN4O2S/c1-12-20-16(10-18(26-22(20)30-28-12)13-6-8-14(24)9-7-13)21(29)27-23-17(11-25)15-4-2-3-5-19(15)31-23/h6-10H,2-5H2,1H3,(H,27,29). The molecule has 0 aliphatic heterocycles. The number of anilines is 1. The van der Waals surface area contributed by atoms with E-state index in [2.05, 4.69) is 21.5 Å². The fourth-order valence-electron chi connectivity index (χ4n) is 3.99. The van der Waals surface area contributed by atoms with Crippen LogP contribution in [0.25, 0.3) is 22.4 Å². The number of rotatable bonds is 3. The third-order valence-corrected chi connectivity index (χ3v) is 6.72. The van der Waals surface area contributed by atoms with E-state index >= 15 is 0 Å². The Labute approximate surface area is 181 Å². The molecule has 154 valence electrons. The summed E-state index contributed by atoms with van der Waals surface area (Å²) in [6.45, 7) is 1.74. The predicted octanol–water partition coefficient (Wildman–Crippen LogP) is 5.40. The fourth-order valence-corrected chi connectivity index (χ4v) is 5.22. The first-order chi connectivity index (χ1) is 15.0. The Bertz CT molecular complexity index is 1370. The van der Waals surface area contributed by atoms with Crippen LogP contribution >= 0.6 is 11.3 Å². The molecule has 1 aromatic carbocycles. The van der Waals surface area contributed by atoms with Gasteiger partial charge < -0.3 is 9.84 Å². The lowest BCUT2D eigenvalue weighted by Crippen LogP contribution is -2.13. The lowest BCUT2D eigenvalue weighted by molar-refractivity contribution is 0.102. The average molecular weight is 432 g/mol. The van der Waals surface area contributed by atoms with Gasteiger partial charge >= 0.3 is 0 Å². The summed E-state index contributed by atoms with van der Waals surface area (Å²) in [6, 6.07) is 9.77. The van der Waals surface area contributed by atoms with Gasteiger partial charge in [0.15, 0.2) is 0 Å². The molecule has 0 atom stereocenters. The minimum atomic E-state index is -0.364. The number of fused-ring (bicyclic) bond motifs is 2. The van der Waals surface area contributed by atoms with Crippen molar-refractivity contribution in [2.75, 3.05) is 5.32 Å². The van der Waals surface area contributed by atoms with Crippen molar-refractivity contribution >= 4 is 33.3 Å². The predicted molar refractivity (Wildman–Crippen MR) is 116 cm³/mol. The van der Waals surface area contributed by atoms with E-state index in [1.807, 2.05) is 0 Å². The molecular formula is C23H17FN4O2S. The first-order valence-corrected chi connectivity index (χ1v) is 10.8. The zero-order chi connectivity index (χ0) is 21.5.